The summed E-state index contributed by atoms with van der Waals surface area (Å²) in [6.07, 6.45) is 0. The number of morpholine rings is 1. The Morgan fingerprint density at radius 2 is 1.93 bits per heavy atom. The van der Waals surface area contributed by atoms with Crippen LogP contribution in [0.15, 0.2) is 29.3 Å². The maximum atomic E-state index is 6.10. The summed E-state index contributed by atoms with van der Waals surface area (Å²) in [5.41, 5.74) is 2.33. The Kier molecular flexibility index (Phi) is 10.8. The molecule has 0 bridgehead atoms. The third-order valence-corrected chi connectivity index (χ3v) is 6.30. The summed E-state index contributed by atoms with van der Waals surface area (Å²) in [4.78, 5) is 13.0. The molecule has 1 aromatic carbocycles. The second kappa shape index (κ2) is 12.8. The van der Waals surface area contributed by atoms with E-state index in [2.05, 4.69) is 46.5 Å². The van der Waals surface area contributed by atoms with E-state index in [4.69, 9.17) is 21.3 Å². The van der Waals surface area contributed by atoms with Gasteiger partial charge in [-0.2, -0.15) is 0 Å². The first-order chi connectivity index (χ1) is 14.1. The molecule has 9 heteroatoms. The van der Waals surface area contributed by atoms with Gasteiger partial charge in [0, 0.05) is 36.1 Å². The number of guanidine groups is 1. The Morgan fingerprint density at radius 3 is 2.53 bits per heavy atom. The summed E-state index contributed by atoms with van der Waals surface area (Å²) in [6, 6.07) is 8.35. The van der Waals surface area contributed by atoms with Gasteiger partial charge in [-0.25, -0.2) is 9.98 Å². The van der Waals surface area contributed by atoms with E-state index in [1.165, 1.54) is 10.4 Å². The number of nitrogens with zero attached hydrogens (tertiary/aromatic N) is 3. The van der Waals surface area contributed by atoms with Gasteiger partial charge >= 0.3 is 0 Å². The number of thiazole rings is 1. The monoisotopic (exact) mass is 563 g/mol. The maximum Gasteiger partial charge on any atom is 0.191 e. The van der Waals surface area contributed by atoms with Gasteiger partial charge in [0.2, 0.25) is 0 Å². The number of aliphatic imine (C=N–C) groups is 1. The van der Waals surface area contributed by atoms with Crippen LogP contribution in [0.2, 0.25) is 5.02 Å². The number of ether oxygens (including phenoxy) is 1. The third kappa shape index (κ3) is 7.33. The fraction of sp³-hybridized carbons (Fsp3) is 0.524. The lowest BCUT2D eigenvalue weighted by Gasteiger charge is -2.35. The fourth-order valence-corrected chi connectivity index (χ4v) is 4.30. The first-order valence-electron chi connectivity index (χ1n) is 10.1. The van der Waals surface area contributed by atoms with Gasteiger partial charge in [0.05, 0.1) is 31.5 Å². The Morgan fingerprint density at radius 1 is 1.23 bits per heavy atom. The van der Waals surface area contributed by atoms with Crippen molar-refractivity contribution in [2.45, 2.75) is 33.4 Å². The van der Waals surface area contributed by atoms with Gasteiger partial charge in [-0.1, -0.05) is 23.7 Å². The standard InChI is InChI=1S/C21H30ClN5OS.HI/c1-4-23-21(25-14-20-26-15(2)16(3)29-20)24-13-19(27-9-11-28-12-10-27)17-5-7-18(22)8-6-17;/h5-8,19H,4,9-14H2,1-3H3,(H2,23,24,25);1H. The molecule has 166 valence electrons. The SMILES string of the molecule is CCNC(=NCc1nc(C)c(C)s1)NCC(c1ccc(Cl)cc1)N1CCOCC1.I. The molecule has 3 rings (SSSR count). The molecular weight excluding hydrogens is 533 g/mol. The lowest BCUT2D eigenvalue weighted by atomic mass is 10.0. The van der Waals surface area contributed by atoms with Gasteiger partial charge in [0.1, 0.15) is 5.01 Å². The number of aromatic nitrogens is 1. The normalized spacial score (nSPS) is 16.1. The molecule has 1 aliphatic heterocycles. The molecule has 0 spiro atoms. The van der Waals surface area contributed by atoms with E-state index in [9.17, 15) is 0 Å². The lowest BCUT2D eigenvalue weighted by Crippen LogP contribution is -2.46. The highest BCUT2D eigenvalue weighted by molar-refractivity contribution is 14.0. The number of nitrogens with one attached hydrogen (secondary N) is 2. The van der Waals surface area contributed by atoms with Crippen molar-refractivity contribution < 1.29 is 4.74 Å². The van der Waals surface area contributed by atoms with Crippen molar-refractivity contribution in [1.82, 2.24) is 20.5 Å². The number of aryl methyl sites for hydroxylation is 2. The predicted octanol–water partition coefficient (Wildman–Crippen LogP) is 4.16. The molecule has 0 radical (unpaired) electrons. The van der Waals surface area contributed by atoms with Crippen LogP contribution >= 0.6 is 46.9 Å². The van der Waals surface area contributed by atoms with Gasteiger partial charge in [0.15, 0.2) is 5.96 Å². The van der Waals surface area contributed by atoms with Crippen molar-refractivity contribution in [2.75, 3.05) is 39.4 Å². The minimum atomic E-state index is 0. The van der Waals surface area contributed by atoms with Crippen LogP contribution in [0.1, 0.15) is 34.1 Å². The summed E-state index contributed by atoms with van der Waals surface area (Å²) in [6.45, 7) is 11.7. The van der Waals surface area contributed by atoms with Crippen molar-refractivity contribution in [1.29, 1.82) is 0 Å². The van der Waals surface area contributed by atoms with Crippen LogP contribution in [-0.2, 0) is 11.3 Å². The second-order valence-corrected chi connectivity index (χ2v) is 8.77. The molecule has 1 saturated heterocycles. The van der Waals surface area contributed by atoms with Gasteiger partial charge in [-0.15, -0.1) is 35.3 Å². The van der Waals surface area contributed by atoms with Crippen LogP contribution in [0, 0.1) is 13.8 Å². The van der Waals surface area contributed by atoms with Gasteiger partial charge < -0.3 is 15.4 Å². The number of benzene rings is 1. The van der Waals surface area contributed by atoms with E-state index in [-0.39, 0.29) is 30.0 Å². The third-order valence-electron chi connectivity index (χ3n) is 4.99. The molecule has 0 aliphatic carbocycles. The van der Waals surface area contributed by atoms with E-state index in [0.29, 0.717) is 6.54 Å². The Labute approximate surface area is 205 Å². The van der Waals surface area contributed by atoms with Crippen LogP contribution in [-0.4, -0.2) is 55.2 Å². The van der Waals surface area contributed by atoms with Crippen LogP contribution in [0.25, 0.3) is 0 Å². The Hall–Kier alpha value is -0.940. The predicted molar refractivity (Wildman–Crippen MR) is 136 cm³/mol. The largest absolute Gasteiger partial charge is 0.379 e. The van der Waals surface area contributed by atoms with Crippen molar-refractivity contribution in [3.05, 3.63) is 50.4 Å². The Balaban J connectivity index is 0.00000320. The molecule has 2 aromatic rings. The van der Waals surface area contributed by atoms with E-state index in [1.54, 1.807) is 11.3 Å². The van der Waals surface area contributed by atoms with Crippen LogP contribution < -0.4 is 10.6 Å². The summed E-state index contributed by atoms with van der Waals surface area (Å²) >= 11 is 7.81. The molecule has 1 aliphatic rings. The average molecular weight is 564 g/mol. The van der Waals surface area contributed by atoms with Gasteiger partial charge in [-0.3, -0.25) is 4.90 Å². The number of hydrogen-bond donors (Lipinski definition) is 2. The van der Waals surface area contributed by atoms with Crippen LogP contribution in [0.3, 0.4) is 0 Å². The highest BCUT2D eigenvalue weighted by Crippen LogP contribution is 2.23. The summed E-state index contributed by atoms with van der Waals surface area (Å²) in [5.74, 6) is 0.810. The molecule has 30 heavy (non-hydrogen) atoms. The fourth-order valence-electron chi connectivity index (χ4n) is 3.32. The minimum Gasteiger partial charge on any atom is -0.379 e. The number of rotatable bonds is 7. The first kappa shape index (κ1) is 25.3. The van der Waals surface area contributed by atoms with Crippen molar-refractivity contribution in [3.63, 3.8) is 0 Å². The Bertz CT molecular complexity index is 789. The molecule has 1 unspecified atom stereocenters. The average Bonchev–Trinajstić information content (AvgIpc) is 3.05. The zero-order chi connectivity index (χ0) is 20.6. The molecule has 0 saturated carbocycles. The molecule has 1 aromatic heterocycles. The second-order valence-electron chi connectivity index (χ2n) is 7.04. The smallest absolute Gasteiger partial charge is 0.191 e. The van der Waals surface area contributed by atoms with E-state index < -0.39 is 0 Å². The summed E-state index contributed by atoms with van der Waals surface area (Å²) < 4.78 is 5.54. The molecular formula is C21H31ClIN5OS. The quantitative estimate of drug-likeness (QED) is 0.301. The molecule has 6 nitrogen and oxygen atoms in total. The summed E-state index contributed by atoms with van der Waals surface area (Å²) in [7, 11) is 0. The maximum absolute atomic E-state index is 6.10. The molecule has 1 fully saturated rings. The van der Waals surface area contributed by atoms with E-state index in [0.717, 1.165) is 61.1 Å². The first-order valence-corrected chi connectivity index (χ1v) is 11.3. The van der Waals surface area contributed by atoms with Crippen molar-refractivity contribution >= 4 is 52.9 Å². The van der Waals surface area contributed by atoms with Crippen LogP contribution in [0.4, 0.5) is 0 Å². The molecule has 0 amide bonds. The topological polar surface area (TPSA) is 61.8 Å². The zero-order valence-corrected chi connectivity index (χ0v) is 21.7. The van der Waals surface area contributed by atoms with Gasteiger partial charge in [0.25, 0.3) is 0 Å². The van der Waals surface area contributed by atoms with Crippen LogP contribution in [0.5, 0.6) is 0 Å². The number of hydrogen-bond acceptors (Lipinski definition) is 5. The highest BCUT2D eigenvalue weighted by Gasteiger charge is 2.23. The van der Waals surface area contributed by atoms with Crippen molar-refractivity contribution in [2.24, 2.45) is 4.99 Å². The molecule has 2 heterocycles. The van der Waals surface area contributed by atoms with Gasteiger partial charge in [-0.05, 0) is 38.5 Å². The number of halogens is 2. The van der Waals surface area contributed by atoms with Crippen molar-refractivity contribution in [3.8, 4) is 0 Å². The molecule has 1 atom stereocenters. The zero-order valence-electron chi connectivity index (χ0n) is 17.8. The highest BCUT2D eigenvalue weighted by atomic mass is 127. The lowest BCUT2D eigenvalue weighted by molar-refractivity contribution is 0.0170. The summed E-state index contributed by atoms with van der Waals surface area (Å²) in [5, 5.41) is 8.66. The molecule has 2 N–H and O–H groups in total. The van der Waals surface area contributed by atoms with E-state index >= 15 is 0 Å². The van der Waals surface area contributed by atoms with E-state index in [1.807, 2.05) is 19.1 Å². The minimum absolute atomic E-state index is 0.